The molecule has 0 amide bonds. The molecule has 6 nitrogen and oxygen atoms in total. The number of halogens is 1. The normalized spacial score (nSPS) is 10.9. The number of rotatable bonds is 2. The van der Waals surface area contributed by atoms with Crippen LogP contribution in [0.4, 0.5) is 5.69 Å². The van der Waals surface area contributed by atoms with E-state index in [1.54, 1.807) is 0 Å². The van der Waals surface area contributed by atoms with Crippen LogP contribution < -0.4 is 10.6 Å². The molecule has 0 fully saturated rings. The van der Waals surface area contributed by atoms with Gasteiger partial charge in [-0.1, -0.05) is 11.6 Å². The van der Waals surface area contributed by atoms with Gasteiger partial charge in [0.15, 0.2) is 11.4 Å². The van der Waals surface area contributed by atoms with Crippen molar-refractivity contribution in [1.82, 2.24) is 0 Å². The molecule has 0 saturated heterocycles. The number of phenols is 1. The topological polar surface area (TPSA) is 120 Å². The van der Waals surface area contributed by atoms with Gasteiger partial charge in [-0.3, -0.25) is 0 Å². The Bertz CT molecular complexity index is 464. The second-order valence-electron chi connectivity index (χ2n) is 2.48. The number of benzene rings is 1. The molecular weight excluding hydrogens is 459 g/mol. The van der Waals surface area contributed by atoms with Crippen molar-refractivity contribution in [2.45, 2.75) is 4.90 Å². The summed E-state index contributed by atoms with van der Waals surface area (Å²) < 4.78 is 21.9. The minimum Gasteiger partial charge on any atom is -0.630 e. The van der Waals surface area contributed by atoms with Crippen LogP contribution in [0.3, 0.4) is 0 Å². The minimum atomic E-state index is -4.14. The van der Waals surface area contributed by atoms with Crippen LogP contribution in [0, 0.1) is 49.3 Å². The zero-order chi connectivity index (χ0) is 10.9. The average Bonchev–Trinajstić information content (AvgIpc) is 2.02. The van der Waals surface area contributed by atoms with Gasteiger partial charge in [0.05, 0.1) is 5.02 Å². The van der Waals surface area contributed by atoms with E-state index >= 15 is 0 Å². The Morgan fingerprint density at radius 1 is 1.47 bits per heavy atom. The van der Waals surface area contributed by atoms with E-state index in [2.05, 4.69) is 0 Å². The molecule has 1 aromatic rings. The summed E-state index contributed by atoms with van der Waals surface area (Å²) in [7, 11) is -4.14. The fourth-order valence-corrected chi connectivity index (χ4v) is 2.13. The van der Waals surface area contributed by atoms with Crippen LogP contribution >= 0.6 is 11.6 Å². The van der Waals surface area contributed by atoms with Gasteiger partial charge in [0.25, 0.3) is 0 Å². The summed E-state index contributed by atoms with van der Waals surface area (Å²) in [5, 5.41) is 24.3. The molecule has 9 heteroatoms. The van der Waals surface area contributed by atoms with Crippen molar-refractivity contribution in [3.8, 4) is 5.75 Å². The number of sulfonamides is 1. The van der Waals surface area contributed by atoms with Crippen molar-refractivity contribution in [1.29, 1.82) is 0 Å². The molecule has 0 unspecified atom stereocenters. The first-order valence-corrected chi connectivity index (χ1v) is 5.30. The van der Waals surface area contributed by atoms with Crippen molar-refractivity contribution >= 4 is 27.3 Å². The predicted octanol–water partition coefficient (Wildman–Crippen LogP) is -0.614. The number of phenolic OH excluding ortho intramolecular Hbond substituents is 1. The smallest absolute Gasteiger partial charge is 0.243 e. The summed E-state index contributed by atoms with van der Waals surface area (Å²) in [6.07, 6.45) is 0. The van der Waals surface area contributed by atoms with Gasteiger partial charge in [-0.05, 0) is 6.07 Å². The molecule has 1 rings (SSSR count). The third kappa shape index (κ3) is 3.53. The maximum Gasteiger partial charge on any atom is 0.243 e. The largest absolute Gasteiger partial charge is 0.630 e. The molecular formula is C6H7AcClN2O4S. The minimum absolute atomic E-state index is 0. The molecule has 5 N–H and O–H groups in total. The average molecular weight is 466 g/mol. The second kappa shape index (κ2) is 5.77. The maximum atomic E-state index is 11.0. The summed E-state index contributed by atoms with van der Waals surface area (Å²) in [6, 6.07) is 2.37. The SMILES string of the molecule is NS(=O)(=O)c1c(Cl)ccc([NH2+][O-])c1O.[Ac]. The van der Waals surface area contributed by atoms with Crippen molar-refractivity contribution in [3.05, 3.63) is 22.4 Å². The monoisotopic (exact) mass is 465 g/mol. The zero-order valence-electron chi connectivity index (χ0n) is 7.34. The van der Waals surface area contributed by atoms with E-state index in [-0.39, 0.29) is 54.8 Å². The Labute approximate surface area is 127 Å². The summed E-state index contributed by atoms with van der Waals surface area (Å²) in [6.45, 7) is 0. The van der Waals surface area contributed by atoms with E-state index in [4.69, 9.17) is 16.7 Å². The fourth-order valence-electron chi connectivity index (χ4n) is 0.928. The molecule has 1 radical (unpaired) electrons. The van der Waals surface area contributed by atoms with Crippen LogP contribution in [0.25, 0.3) is 0 Å². The Kier molecular flexibility index (Phi) is 6.00. The van der Waals surface area contributed by atoms with Gasteiger partial charge in [-0.2, -0.15) is 0 Å². The van der Waals surface area contributed by atoms with Crippen LogP contribution in [-0.2, 0) is 10.0 Å². The van der Waals surface area contributed by atoms with Crippen molar-refractivity contribution < 1.29 is 63.1 Å². The second-order valence-corrected chi connectivity index (χ2v) is 4.38. The molecule has 0 aliphatic heterocycles. The maximum absolute atomic E-state index is 11.0. The Balaban J connectivity index is 0.00000196. The van der Waals surface area contributed by atoms with Crippen LogP contribution in [0.15, 0.2) is 17.0 Å². The molecule has 1 aromatic carbocycles. The molecule has 81 valence electrons. The molecule has 0 heterocycles. The van der Waals surface area contributed by atoms with Gasteiger partial charge in [0.2, 0.25) is 10.0 Å². The summed E-state index contributed by atoms with van der Waals surface area (Å²) in [5.74, 6) is -0.727. The first-order chi connectivity index (χ1) is 6.38. The van der Waals surface area contributed by atoms with Gasteiger partial charge in [0, 0.05) is 50.1 Å². The number of quaternary nitrogens is 1. The molecule has 15 heavy (non-hydrogen) atoms. The van der Waals surface area contributed by atoms with Crippen molar-refractivity contribution in [2.75, 3.05) is 0 Å². The molecule has 0 aliphatic carbocycles. The van der Waals surface area contributed by atoms with Crippen LogP contribution in [-0.4, -0.2) is 13.5 Å². The van der Waals surface area contributed by atoms with Crippen LogP contribution in [0.5, 0.6) is 5.75 Å². The molecule has 0 bridgehead atoms. The number of hydrogen-bond donors (Lipinski definition) is 3. The van der Waals surface area contributed by atoms with Gasteiger partial charge < -0.3 is 15.8 Å². The Morgan fingerprint density at radius 2 is 2.00 bits per heavy atom. The van der Waals surface area contributed by atoms with E-state index < -0.39 is 20.7 Å². The van der Waals surface area contributed by atoms with Gasteiger partial charge >= 0.3 is 0 Å². The van der Waals surface area contributed by atoms with E-state index in [9.17, 15) is 18.7 Å². The summed E-state index contributed by atoms with van der Waals surface area (Å²) in [5.41, 5.74) is 0.124. The predicted molar refractivity (Wildman–Crippen MR) is 49.4 cm³/mol. The number of nitrogens with two attached hydrogens (primary N) is 2. The molecule has 0 aliphatic rings. The van der Waals surface area contributed by atoms with E-state index in [0.717, 1.165) is 0 Å². The fraction of sp³-hybridized carbons (Fsp3) is 0. The van der Waals surface area contributed by atoms with Gasteiger partial charge in [-0.15, -0.1) is 0 Å². The van der Waals surface area contributed by atoms with Gasteiger partial charge in [-0.25, -0.2) is 13.6 Å². The number of hydrogen-bond acceptors (Lipinski definition) is 4. The Hall–Kier alpha value is 0.582. The summed E-state index contributed by atoms with van der Waals surface area (Å²) >= 11 is 5.51. The van der Waals surface area contributed by atoms with Crippen molar-refractivity contribution in [3.63, 3.8) is 0 Å². The third-order valence-electron chi connectivity index (χ3n) is 1.53. The molecule has 0 atom stereocenters. The zero-order valence-corrected chi connectivity index (χ0v) is 13.7. The quantitative estimate of drug-likeness (QED) is 0.306. The first-order valence-electron chi connectivity index (χ1n) is 3.37. The van der Waals surface area contributed by atoms with Crippen molar-refractivity contribution in [2.24, 2.45) is 5.14 Å². The Morgan fingerprint density at radius 3 is 2.40 bits per heavy atom. The molecule has 0 saturated carbocycles. The molecule has 0 spiro atoms. The van der Waals surface area contributed by atoms with Crippen LogP contribution in [0.2, 0.25) is 5.02 Å². The number of aromatic hydroxyl groups is 1. The van der Waals surface area contributed by atoms with E-state index in [1.165, 1.54) is 12.1 Å². The van der Waals surface area contributed by atoms with E-state index in [0.29, 0.717) is 5.48 Å². The van der Waals surface area contributed by atoms with E-state index in [1.807, 2.05) is 0 Å². The molecule has 0 aromatic heterocycles. The van der Waals surface area contributed by atoms with Gasteiger partial charge in [0.1, 0.15) is 4.90 Å². The van der Waals surface area contributed by atoms with Crippen LogP contribution in [0.1, 0.15) is 0 Å². The standard InChI is InChI=1S/C6H7ClN2O4S.Ac/c7-3-1-2-4(9-11)5(10)6(3)14(8,12)13;/h1-2,10H,9H2,(H2,8,12,13);. The number of primary sulfonamides is 1. The third-order valence-corrected chi connectivity index (χ3v) is 2.94. The first kappa shape index (κ1) is 15.6. The summed E-state index contributed by atoms with van der Waals surface area (Å²) in [4.78, 5) is -0.635.